The highest BCUT2D eigenvalue weighted by atomic mass is 79.9. The molecule has 26 heavy (non-hydrogen) atoms. The number of rotatable bonds is 7. The Morgan fingerprint density at radius 3 is 2.42 bits per heavy atom. The van der Waals surface area contributed by atoms with Gasteiger partial charge in [-0.1, -0.05) is 44.2 Å². The molecule has 0 radical (unpaired) electrons. The molecule has 2 aromatic rings. The molecule has 0 unspecified atom stereocenters. The third kappa shape index (κ3) is 4.18. The van der Waals surface area contributed by atoms with Crippen molar-refractivity contribution in [1.82, 2.24) is 9.99 Å². The second-order valence-corrected chi connectivity index (χ2v) is 7.09. The number of hydrogen-bond acceptors (Lipinski definition) is 3. The Balaban J connectivity index is 2.42. The SMILES string of the molecule is CCCNn1c(C)c(C(=O)N[C@@H](CC)c2ccccc2)c(C)c(Br)c1=O. The fraction of sp³-hybridized carbons (Fsp3) is 0.400. The molecule has 0 aliphatic heterocycles. The van der Waals surface area contributed by atoms with Gasteiger partial charge in [-0.05, 0) is 53.7 Å². The summed E-state index contributed by atoms with van der Waals surface area (Å²) in [6, 6.07) is 9.82. The minimum Gasteiger partial charge on any atom is -0.345 e. The maximum atomic E-state index is 13.0. The van der Waals surface area contributed by atoms with E-state index in [1.807, 2.05) is 44.2 Å². The van der Waals surface area contributed by atoms with Crippen LogP contribution in [0.5, 0.6) is 0 Å². The van der Waals surface area contributed by atoms with Crippen molar-refractivity contribution in [1.29, 1.82) is 0 Å². The van der Waals surface area contributed by atoms with Crippen molar-refractivity contribution in [2.45, 2.75) is 46.6 Å². The van der Waals surface area contributed by atoms with Gasteiger partial charge in [0.2, 0.25) is 0 Å². The second kappa shape index (κ2) is 9.03. The zero-order valence-electron chi connectivity index (χ0n) is 15.7. The summed E-state index contributed by atoms with van der Waals surface area (Å²) in [5.74, 6) is -0.177. The Kier molecular flexibility index (Phi) is 7.03. The highest BCUT2D eigenvalue weighted by molar-refractivity contribution is 9.10. The lowest BCUT2D eigenvalue weighted by Crippen LogP contribution is -2.37. The number of carbonyl (C=O) groups is 1. The molecule has 0 fully saturated rings. The molecule has 0 bridgehead atoms. The molecule has 6 heteroatoms. The molecular weight excluding hydrogens is 394 g/mol. The molecule has 1 atom stereocenters. The van der Waals surface area contributed by atoms with E-state index in [4.69, 9.17) is 0 Å². The van der Waals surface area contributed by atoms with E-state index in [1.165, 1.54) is 4.68 Å². The summed E-state index contributed by atoms with van der Waals surface area (Å²) in [6.45, 7) is 8.30. The van der Waals surface area contributed by atoms with Crippen LogP contribution >= 0.6 is 15.9 Å². The number of nitrogens with zero attached hydrogens (tertiary/aromatic N) is 1. The number of amides is 1. The fourth-order valence-corrected chi connectivity index (χ4v) is 3.36. The first-order chi connectivity index (χ1) is 12.4. The first-order valence-electron chi connectivity index (χ1n) is 8.93. The van der Waals surface area contributed by atoms with Gasteiger partial charge < -0.3 is 10.7 Å². The summed E-state index contributed by atoms with van der Waals surface area (Å²) in [6.07, 6.45) is 1.66. The summed E-state index contributed by atoms with van der Waals surface area (Å²) in [7, 11) is 0. The van der Waals surface area contributed by atoms with Crippen LogP contribution in [0.2, 0.25) is 0 Å². The number of halogens is 1. The minimum absolute atomic E-state index is 0.0785. The van der Waals surface area contributed by atoms with Crippen LogP contribution in [-0.4, -0.2) is 17.1 Å². The summed E-state index contributed by atoms with van der Waals surface area (Å²) in [5, 5.41) is 3.11. The number of benzene rings is 1. The van der Waals surface area contributed by atoms with Crippen LogP contribution in [0.25, 0.3) is 0 Å². The molecule has 0 aliphatic carbocycles. The van der Waals surface area contributed by atoms with E-state index in [0.717, 1.165) is 18.4 Å². The Hall–Kier alpha value is -2.08. The molecule has 0 saturated heterocycles. The van der Waals surface area contributed by atoms with Crippen molar-refractivity contribution < 1.29 is 4.79 Å². The van der Waals surface area contributed by atoms with Gasteiger partial charge in [-0.3, -0.25) is 9.59 Å². The highest BCUT2D eigenvalue weighted by Gasteiger charge is 2.22. The fourth-order valence-electron chi connectivity index (χ4n) is 2.99. The molecule has 0 aliphatic rings. The first-order valence-corrected chi connectivity index (χ1v) is 9.73. The van der Waals surface area contributed by atoms with Crippen molar-refractivity contribution in [3.63, 3.8) is 0 Å². The van der Waals surface area contributed by atoms with Gasteiger partial charge in [0.1, 0.15) is 0 Å². The smallest absolute Gasteiger partial charge is 0.283 e. The Labute approximate surface area is 162 Å². The Bertz CT molecular complexity index is 831. The van der Waals surface area contributed by atoms with Gasteiger partial charge in [0.05, 0.1) is 21.8 Å². The molecule has 1 aromatic carbocycles. The lowest BCUT2D eigenvalue weighted by atomic mass is 10.0. The maximum absolute atomic E-state index is 13.0. The Morgan fingerprint density at radius 1 is 1.19 bits per heavy atom. The molecule has 2 rings (SSSR count). The largest absolute Gasteiger partial charge is 0.345 e. The molecule has 2 N–H and O–H groups in total. The molecule has 1 amide bonds. The van der Waals surface area contributed by atoms with Crippen LogP contribution in [-0.2, 0) is 0 Å². The number of pyridine rings is 1. The normalized spacial score (nSPS) is 11.9. The van der Waals surface area contributed by atoms with E-state index >= 15 is 0 Å². The number of nitrogens with one attached hydrogen (secondary N) is 2. The third-order valence-electron chi connectivity index (χ3n) is 4.45. The molecule has 1 aromatic heterocycles. The standard InChI is InChI=1S/C20H26BrN3O2/c1-5-12-22-24-14(4)17(13(3)18(21)20(24)26)19(25)23-16(6-2)15-10-8-7-9-11-15/h7-11,16,22H,5-6,12H2,1-4H3,(H,23,25)/t16-/m0/s1. The number of aromatic nitrogens is 1. The van der Waals surface area contributed by atoms with Gasteiger partial charge in [0.15, 0.2) is 0 Å². The monoisotopic (exact) mass is 419 g/mol. The van der Waals surface area contributed by atoms with Crippen LogP contribution in [0.1, 0.15) is 59.9 Å². The van der Waals surface area contributed by atoms with Crippen molar-refractivity contribution >= 4 is 21.8 Å². The van der Waals surface area contributed by atoms with Crippen molar-refractivity contribution in [2.24, 2.45) is 0 Å². The number of carbonyl (C=O) groups excluding carboxylic acids is 1. The van der Waals surface area contributed by atoms with Gasteiger partial charge in [-0.15, -0.1) is 0 Å². The van der Waals surface area contributed by atoms with E-state index in [0.29, 0.717) is 27.8 Å². The van der Waals surface area contributed by atoms with Gasteiger partial charge >= 0.3 is 0 Å². The van der Waals surface area contributed by atoms with E-state index < -0.39 is 0 Å². The van der Waals surface area contributed by atoms with Crippen LogP contribution in [0.15, 0.2) is 39.6 Å². The highest BCUT2D eigenvalue weighted by Crippen LogP contribution is 2.22. The Morgan fingerprint density at radius 2 is 1.85 bits per heavy atom. The minimum atomic E-state index is -0.180. The van der Waals surface area contributed by atoms with E-state index in [2.05, 4.69) is 26.7 Å². The van der Waals surface area contributed by atoms with Crippen LogP contribution in [0.3, 0.4) is 0 Å². The summed E-state index contributed by atoms with van der Waals surface area (Å²) in [4.78, 5) is 25.6. The van der Waals surface area contributed by atoms with Crippen molar-refractivity contribution in [3.05, 3.63) is 67.5 Å². The average Bonchev–Trinajstić information content (AvgIpc) is 2.65. The van der Waals surface area contributed by atoms with Crippen LogP contribution in [0, 0.1) is 13.8 Å². The molecule has 5 nitrogen and oxygen atoms in total. The maximum Gasteiger partial charge on any atom is 0.283 e. The topological polar surface area (TPSA) is 63.1 Å². The van der Waals surface area contributed by atoms with Gasteiger partial charge in [-0.25, -0.2) is 4.68 Å². The summed E-state index contributed by atoms with van der Waals surface area (Å²) >= 11 is 3.35. The van der Waals surface area contributed by atoms with E-state index in [1.54, 1.807) is 13.8 Å². The second-order valence-electron chi connectivity index (χ2n) is 6.29. The van der Waals surface area contributed by atoms with Crippen LogP contribution in [0.4, 0.5) is 0 Å². The average molecular weight is 420 g/mol. The number of hydrogen-bond donors (Lipinski definition) is 2. The molecule has 140 valence electrons. The third-order valence-corrected chi connectivity index (χ3v) is 5.39. The molecule has 0 saturated carbocycles. The molecular formula is C20H26BrN3O2. The molecule has 0 spiro atoms. The first kappa shape index (κ1) is 20.2. The van der Waals surface area contributed by atoms with E-state index in [9.17, 15) is 9.59 Å². The molecule has 1 heterocycles. The van der Waals surface area contributed by atoms with Crippen LogP contribution < -0.4 is 16.3 Å². The van der Waals surface area contributed by atoms with Gasteiger partial charge in [-0.2, -0.15) is 0 Å². The van der Waals surface area contributed by atoms with Crippen molar-refractivity contribution in [2.75, 3.05) is 12.0 Å². The van der Waals surface area contributed by atoms with Crippen molar-refractivity contribution in [3.8, 4) is 0 Å². The zero-order chi connectivity index (χ0) is 19.3. The lowest BCUT2D eigenvalue weighted by Gasteiger charge is -2.22. The van der Waals surface area contributed by atoms with Gasteiger partial charge in [0, 0.05) is 6.54 Å². The zero-order valence-corrected chi connectivity index (χ0v) is 17.3. The predicted molar refractivity (Wildman–Crippen MR) is 109 cm³/mol. The van der Waals surface area contributed by atoms with Gasteiger partial charge in [0.25, 0.3) is 11.5 Å². The predicted octanol–water partition coefficient (Wildman–Crippen LogP) is 4.06. The van der Waals surface area contributed by atoms with E-state index in [-0.39, 0.29) is 17.5 Å². The summed E-state index contributed by atoms with van der Waals surface area (Å²) < 4.78 is 1.86. The quantitative estimate of drug-likeness (QED) is 0.710. The summed E-state index contributed by atoms with van der Waals surface area (Å²) in [5.41, 5.74) is 5.76. The lowest BCUT2D eigenvalue weighted by molar-refractivity contribution is 0.0933.